The number of benzene rings is 2. The highest BCUT2D eigenvalue weighted by Gasteiger charge is 2.25. The van der Waals surface area contributed by atoms with Crippen LogP contribution in [-0.4, -0.2) is 6.04 Å². The van der Waals surface area contributed by atoms with Gasteiger partial charge in [-0.15, -0.1) is 0 Å². The SMILES string of the molecule is Cc1ccc2c(c1)Sc1cc(C)ccc1N2C(C)C. The summed E-state index contributed by atoms with van der Waals surface area (Å²) >= 11 is 1.89. The molecular weight excluding hydrogens is 250 g/mol. The Morgan fingerprint density at radius 1 is 0.842 bits per heavy atom. The van der Waals surface area contributed by atoms with Crippen LogP contribution in [0.25, 0.3) is 0 Å². The maximum absolute atomic E-state index is 2.44. The lowest BCUT2D eigenvalue weighted by Gasteiger charge is -2.36. The normalized spacial score (nSPS) is 13.4. The summed E-state index contributed by atoms with van der Waals surface area (Å²) in [4.78, 5) is 5.18. The number of hydrogen-bond acceptors (Lipinski definition) is 2. The van der Waals surface area contributed by atoms with Gasteiger partial charge in [0, 0.05) is 15.8 Å². The van der Waals surface area contributed by atoms with Crippen molar-refractivity contribution < 1.29 is 0 Å². The van der Waals surface area contributed by atoms with Gasteiger partial charge in [-0.25, -0.2) is 0 Å². The van der Waals surface area contributed by atoms with Crippen LogP contribution in [0.5, 0.6) is 0 Å². The quantitative estimate of drug-likeness (QED) is 0.689. The summed E-state index contributed by atoms with van der Waals surface area (Å²) in [5, 5.41) is 0. The van der Waals surface area contributed by atoms with Crippen molar-refractivity contribution in [3.63, 3.8) is 0 Å². The second-order valence-electron chi connectivity index (χ2n) is 5.51. The van der Waals surface area contributed by atoms with Gasteiger partial charge in [-0.3, -0.25) is 0 Å². The van der Waals surface area contributed by atoms with Crippen LogP contribution in [0.2, 0.25) is 0 Å². The third-order valence-corrected chi connectivity index (χ3v) is 4.58. The van der Waals surface area contributed by atoms with Crippen LogP contribution in [-0.2, 0) is 0 Å². The predicted molar refractivity (Wildman–Crippen MR) is 83.8 cm³/mol. The summed E-state index contributed by atoms with van der Waals surface area (Å²) < 4.78 is 0. The third kappa shape index (κ3) is 2.14. The van der Waals surface area contributed by atoms with Crippen molar-refractivity contribution >= 4 is 23.1 Å². The van der Waals surface area contributed by atoms with E-state index < -0.39 is 0 Å². The lowest BCUT2D eigenvalue weighted by molar-refractivity contribution is 0.772. The minimum absolute atomic E-state index is 0.462. The standard InChI is InChI=1S/C17H19NS/c1-11(2)18-14-7-5-12(3)9-16(14)19-17-10-13(4)6-8-15(17)18/h5-11H,1-4H3. The van der Waals surface area contributed by atoms with Gasteiger partial charge in [0.2, 0.25) is 0 Å². The van der Waals surface area contributed by atoms with Crippen molar-refractivity contribution in [2.45, 2.75) is 43.5 Å². The zero-order chi connectivity index (χ0) is 13.6. The molecule has 0 aliphatic carbocycles. The first-order chi connectivity index (χ1) is 9.06. The largest absolute Gasteiger partial charge is 0.337 e. The van der Waals surface area contributed by atoms with Gasteiger partial charge < -0.3 is 4.90 Å². The van der Waals surface area contributed by atoms with Gasteiger partial charge in [-0.1, -0.05) is 23.9 Å². The van der Waals surface area contributed by atoms with E-state index in [2.05, 4.69) is 69.0 Å². The van der Waals surface area contributed by atoms with Crippen molar-refractivity contribution in [1.82, 2.24) is 0 Å². The summed E-state index contributed by atoms with van der Waals surface area (Å²) in [7, 11) is 0. The zero-order valence-corrected chi connectivity index (χ0v) is 12.7. The van der Waals surface area contributed by atoms with Crippen molar-refractivity contribution in [3.8, 4) is 0 Å². The molecule has 0 fully saturated rings. The zero-order valence-electron chi connectivity index (χ0n) is 11.9. The molecule has 98 valence electrons. The Labute approximate surface area is 119 Å². The number of hydrogen-bond donors (Lipinski definition) is 0. The highest BCUT2D eigenvalue weighted by molar-refractivity contribution is 7.99. The van der Waals surface area contributed by atoms with Gasteiger partial charge in [0.05, 0.1) is 11.4 Å². The Kier molecular flexibility index (Phi) is 3.06. The van der Waals surface area contributed by atoms with E-state index in [9.17, 15) is 0 Å². The van der Waals surface area contributed by atoms with Gasteiger partial charge >= 0.3 is 0 Å². The molecule has 2 heteroatoms. The summed E-state index contributed by atoms with van der Waals surface area (Å²) in [6.45, 7) is 8.82. The summed E-state index contributed by atoms with van der Waals surface area (Å²) in [6.07, 6.45) is 0. The maximum Gasteiger partial charge on any atom is 0.0555 e. The third-order valence-electron chi connectivity index (χ3n) is 3.49. The minimum atomic E-state index is 0.462. The molecule has 0 N–H and O–H groups in total. The molecule has 2 aromatic rings. The van der Waals surface area contributed by atoms with Crippen LogP contribution in [0.15, 0.2) is 46.2 Å². The van der Waals surface area contributed by atoms with Crippen LogP contribution in [0.3, 0.4) is 0 Å². The molecule has 0 unspecified atom stereocenters. The molecule has 1 aliphatic rings. The monoisotopic (exact) mass is 269 g/mol. The van der Waals surface area contributed by atoms with Gasteiger partial charge in [0.1, 0.15) is 0 Å². The van der Waals surface area contributed by atoms with E-state index in [0.717, 1.165) is 0 Å². The average Bonchev–Trinajstić information content (AvgIpc) is 2.35. The highest BCUT2D eigenvalue weighted by Crippen LogP contribution is 2.49. The van der Waals surface area contributed by atoms with E-state index in [1.165, 1.54) is 32.3 Å². The van der Waals surface area contributed by atoms with Crippen LogP contribution in [0.1, 0.15) is 25.0 Å². The van der Waals surface area contributed by atoms with Crippen molar-refractivity contribution in [3.05, 3.63) is 47.5 Å². The molecule has 0 spiro atoms. The average molecular weight is 269 g/mol. The second kappa shape index (κ2) is 4.61. The number of rotatable bonds is 1. The van der Waals surface area contributed by atoms with E-state index in [4.69, 9.17) is 0 Å². The lowest BCUT2D eigenvalue weighted by atomic mass is 10.1. The molecule has 0 saturated heterocycles. The minimum Gasteiger partial charge on any atom is -0.337 e. The summed E-state index contributed by atoms with van der Waals surface area (Å²) in [5.41, 5.74) is 5.32. The smallest absolute Gasteiger partial charge is 0.0555 e. The van der Waals surface area contributed by atoms with Gasteiger partial charge in [-0.05, 0) is 63.1 Å². The van der Waals surface area contributed by atoms with E-state index in [-0.39, 0.29) is 0 Å². The lowest BCUT2D eigenvalue weighted by Crippen LogP contribution is -2.28. The Morgan fingerprint density at radius 2 is 1.32 bits per heavy atom. The molecule has 1 heterocycles. The van der Waals surface area contributed by atoms with Gasteiger partial charge in [0.15, 0.2) is 0 Å². The van der Waals surface area contributed by atoms with Gasteiger partial charge in [0.25, 0.3) is 0 Å². The molecule has 3 rings (SSSR count). The van der Waals surface area contributed by atoms with Crippen molar-refractivity contribution in [1.29, 1.82) is 0 Å². The fourth-order valence-corrected chi connectivity index (χ4v) is 3.88. The molecule has 0 aromatic heterocycles. The molecular formula is C17H19NS. The first-order valence-corrected chi connectivity index (χ1v) is 7.56. The fraction of sp³-hybridized carbons (Fsp3) is 0.294. The summed E-state index contributed by atoms with van der Waals surface area (Å²) in [6, 6.07) is 14.0. The number of nitrogens with zero attached hydrogens (tertiary/aromatic N) is 1. The van der Waals surface area contributed by atoms with Gasteiger partial charge in [-0.2, -0.15) is 0 Å². The van der Waals surface area contributed by atoms with Crippen molar-refractivity contribution in [2.75, 3.05) is 4.90 Å². The topological polar surface area (TPSA) is 3.24 Å². The molecule has 1 nitrogen and oxygen atoms in total. The number of anilines is 2. The fourth-order valence-electron chi connectivity index (χ4n) is 2.61. The van der Waals surface area contributed by atoms with Crippen molar-refractivity contribution in [2.24, 2.45) is 0 Å². The van der Waals surface area contributed by atoms with Crippen LogP contribution < -0.4 is 4.90 Å². The molecule has 2 aromatic carbocycles. The Bertz CT molecular complexity index is 580. The molecule has 0 saturated carbocycles. The molecule has 0 atom stereocenters. The molecule has 19 heavy (non-hydrogen) atoms. The summed E-state index contributed by atoms with van der Waals surface area (Å²) in [5.74, 6) is 0. The predicted octanol–water partition coefficient (Wildman–Crippen LogP) is 5.31. The molecule has 1 aliphatic heterocycles. The van der Waals surface area contributed by atoms with E-state index in [1.54, 1.807) is 0 Å². The Morgan fingerprint density at radius 3 is 1.74 bits per heavy atom. The maximum atomic E-state index is 2.44. The molecule has 0 amide bonds. The Balaban J connectivity index is 2.20. The second-order valence-corrected chi connectivity index (χ2v) is 6.59. The molecule has 0 bridgehead atoms. The molecule has 0 radical (unpaired) electrons. The van der Waals surface area contributed by atoms with E-state index in [1.807, 2.05) is 11.8 Å². The first kappa shape index (κ1) is 12.6. The van der Waals surface area contributed by atoms with Crippen LogP contribution >= 0.6 is 11.8 Å². The number of fused-ring (bicyclic) bond motifs is 2. The van der Waals surface area contributed by atoms with E-state index >= 15 is 0 Å². The van der Waals surface area contributed by atoms with E-state index in [0.29, 0.717) is 6.04 Å². The highest BCUT2D eigenvalue weighted by atomic mass is 32.2. The Hall–Kier alpha value is -1.41. The number of aryl methyl sites for hydroxylation is 2. The van der Waals surface area contributed by atoms with Crippen LogP contribution in [0, 0.1) is 13.8 Å². The first-order valence-electron chi connectivity index (χ1n) is 6.74. The van der Waals surface area contributed by atoms with Crippen LogP contribution in [0.4, 0.5) is 11.4 Å².